The van der Waals surface area contributed by atoms with Crippen molar-refractivity contribution in [3.8, 4) is 11.4 Å². The number of nitrogens with one attached hydrogen (secondary N) is 1. The third-order valence-corrected chi connectivity index (χ3v) is 4.35. The number of methoxy groups -OCH3 is 1. The minimum Gasteiger partial charge on any atom is -0.481 e. The fourth-order valence-corrected chi connectivity index (χ4v) is 3.06. The molecule has 0 fully saturated rings. The van der Waals surface area contributed by atoms with Crippen LogP contribution in [0.15, 0.2) is 48.8 Å². The van der Waals surface area contributed by atoms with Crippen molar-refractivity contribution in [2.75, 3.05) is 13.7 Å². The van der Waals surface area contributed by atoms with Gasteiger partial charge in [0.15, 0.2) is 12.4 Å². The van der Waals surface area contributed by atoms with Gasteiger partial charge in [-0.25, -0.2) is 4.79 Å². The van der Waals surface area contributed by atoms with Crippen molar-refractivity contribution in [1.82, 2.24) is 20.1 Å². The molecule has 3 rings (SSSR count). The van der Waals surface area contributed by atoms with Crippen molar-refractivity contribution in [2.45, 2.75) is 26.9 Å². The topological polar surface area (TPSA) is 78.3 Å². The molecular formula is C21H24N4O3. The highest BCUT2D eigenvalue weighted by atomic mass is 16.6. The summed E-state index contributed by atoms with van der Waals surface area (Å²) in [5.41, 5.74) is 4.12. The van der Waals surface area contributed by atoms with E-state index in [9.17, 15) is 4.79 Å². The Kier molecular flexibility index (Phi) is 6.39. The van der Waals surface area contributed by atoms with Crippen molar-refractivity contribution in [2.24, 2.45) is 0 Å². The Morgan fingerprint density at radius 1 is 1.11 bits per heavy atom. The summed E-state index contributed by atoms with van der Waals surface area (Å²) < 4.78 is 12.2. The van der Waals surface area contributed by atoms with E-state index in [4.69, 9.17) is 4.74 Å². The summed E-state index contributed by atoms with van der Waals surface area (Å²) in [6, 6.07) is 14.1. The van der Waals surface area contributed by atoms with Crippen LogP contribution < -0.4 is 10.1 Å². The zero-order chi connectivity index (χ0) is 19.9. The molecule has 0 unspecified atom stereocenters. The standard InChI is InChI=1S/C21H24N4O3/c1-15-9-17(10-16(2)21(15)28-13-20(26)27-3)11-22-12-19-24-23-14-25(19)18-7-5-4-6-8-18/h4-10,14,22H,11-13H2,1-3H3. The predicted octanol–water partition coefficient (Wildman–Crippen LogP) is 2.73. The molecule has 28 heavy (non-hydrogen) atoms. The summed E-state index contributed by atoms with van der Waals surface area (Å²) in [6.45, 7) is 5.11. The Morgan fingerprint density at radius 3 is 2.50 bits per heavy atom. The molecule has 2 aromatic carbocycles. The molecule has 0 saturated heterocycles. The average molecular weight is 380 g/mol. The molecule has 1 aromatic heterocycles. The van der Waals surface area contributed by atoms with E-state index in [0.717, 1.165) is 34.0 Å². The summed E-state index contributed by atoms with van der Waals surface area (Å²) in [5.74, 6) is 1.17. The van der Waals surface area contributed by atoms with Gasteiger partial charge in [-0.3, -0.25) is 4.57 Å². The molecule has 0 amide bonds. The van der Waals surface area contributed by atoms with Crippen LogP contribution in [0.5, 0.6) is 5.75 Å². The van der Waals surface area contributed by atoms with Gasteiger partial charge in [0.05, 0.1) is 13.7 Å². The molecule has 1 N–H and O–H groups in total. The average Bonchev–Trinajstić information content (AvgIpc) is 3.16. The third-order valence-electron chi connectivity index (χ3n) is 4.35. The number of hydrogen-bond donors (Lipinski definition) is 1. The van der Waals surface area contributed by atoms with Gasteiger partial charge in [-0.2, -0.15) is 0 Å². The van der Waals surface area contributed by atoms with Crippen LogP contribution in [0.4, 0.5) is 0 Å². The lowest BCUT2D eigenvalue weighted by Gasteiger charge is -2.14. The SMILES string of the molecule is COC(=O)COc1c(C)cc(CNCc2nncn2-c2ccccc2)cc1C. The van der Waals surface area contributed by atoms with Crippen LogP contribution in [0, 0.1) is 13.8 Å². The Balaban J connectivity index is 1.62. The fraction of sp³-hybridized carbons (Fsp3) is 0.286. The normalized spacial score (nSPS) is 10.7. The molecule has 0 aliphatic carbocycles. The Labute approximate surface area is 164 Å². The van der Waals surface area contributed by atoms with Gasteiger partial charge in [-0.05, 0) is 42.7 Å². The van der Waals surface area contributed by atoms with Gasteiger partial charge in [0, 0.05) is 12.2 Å². The Hall–Kier alpha value is -3.19. The molecule has 0 spiro atoms. The molecule has 3 aromatic rings. The van der Waals surface area contributed by atoms with Gasteiger partial charge in [-0.1, -0.05) is 30.3 Å². The Bertz CT molecular complexity index is 915. The number of esters is 1. The van der Waals surface area contributed by atoms with Crippen molar-refractivity contribution in [3.05, 3.63) is 71.3 Å². The van der Waals surface area contributed by atoms with Gasteiger partial charge in [0.2, 0.25) is 0 Å². The molecule has 0 saturated carbocycles. The van der Waals surface area contributed by atoms with Crippen LogP contribution in [0.25, 0.3) is 5.69 Å². The zero-order valence-corrected chi connectivity index (χ0v) is 16.3. The number of para-hydroxylation sites is 1. The van der Waals surface area contributed by atoms with Crippen LogP contribution in [-0.4, -0.2) is 34.5 Å². The van der Waals surface area contributed by atoms with Crippen molar-refractivity contribution >= 4 is 5.97 Å². The molecule has 7 nitrogen and oxygen atoms in total. The van der Waals surface area contributed by atoms with Gasteiger partial charge in [0.1, 0.15) is 12.1 Å². The predicted molar refractivity (Wildman–Crippen MR) is 105 cm³/mol. The van der Waals surface area contributed by atoms with E-state index in [1.165, 1.54) is 7.11 Å². The first-order chi connectivity index (χ1) is 13.6. The highest BCUT2D eigenvalue weighted by Crippen LogP contribution is 2.25. The summed E-state index contributed by atoms with van der Waals surface area (Å²) in [5, 5.41) is 11.6. The van der Waals surface area contributed by atoms with Crippen LogP contribution in [0.2, 0.25) is 0 Å². The second-order valence-corrected chi connectivity index (χ2v) is 6.48. The summed E-state index contributed by atoms with van der Waals surface area (Å²) >= 11 is 0. The molecule has 0 aliphatic heterocycles. The first-order valence-corrected chi connectivity index (χ1v) is 9.03. The van der Waals surface area contributed by atoms with E-state index in [0.29, 0.717) is 13.1 Å². The Morgan fingerprint density at radius 2 is 1.82 bits per heavy atom. The first kappa shape index (κ1) is 19.6. The van der Waals surface area contributed by atoms with Crippen LogP contribution in [0.1, 0.15) is 22.5 Å². The van der Waals surface area contributed by atoms with E-state index in [2.05, 4.69) is 32.4 Å². The van der Waals surface area contributed by atoms with E-state index >= 15 is 0 Å². The van der Waals surface area contributed by atoms with Crippen LogP contribution in [-0.2, 0) is 22.6 Å². The maximum absolute atomic E-state index is 11.3. The number of aryl methyl sites for hydroxylation is 2. The number of ether oxygens (including phenoxy) is 2. The maximum Gasteiger partial charge on any atom is 0.343 e. The van der Waals surface area contributed by atoms with Gasteiger partial charge in [-0.15, -0.1) is 10.2 Å². The minimum absolute atomic E-state index is 0.0923. The first-order valence-electron chi connectivity index (χ1n) is 9.03. The number of hydrogen-bond acceptors (Lipinski definition) is 6. The van der Waals surface area contributed by atoms with Crippen LogP contribution >= 0.6 is 0 Å². The minimum atomic E-state index is -0.396. The number of nitrogens with zero attached hydrogens (tertiary/aromatic N) is 3. The second kappa shape index (κ2) is 9.14. The molecule has 1 heterocycles. The lowest BCUT2D eigenvalue weighted by atomic mass is 10.1. The molecular weight excluding hydrogens is 356 g/mol. The highest BCUT2D eigenvalue weighted by Gasteiger charge is 2.10. The van der Waals surface area contributed by atoms with Gasteiger partial charge < -0.3 is 14.8 Å². The van der Waals surface area contributed by atoms with E-state index in [1.807, 2.05) is 48.7 Å². The van der Waals surface area contributed by atoms with Crippen LogP contribution in [0.3, 0.4) is 0 Å². The number of benzene rings is 2. The van der Waals surface area contributed by atoms with Gasteiger partial charge >= 0.3 is 5.97 Å². The monoisotopic (exact) mass is 380 g/mol. The molecule has 0 aliphatic rings. The van der Waals surface area contributed by atoms with E-state index in [1.54, 1.807) is 6.33 Å². The van der Waals surface area contributed by atoms with Crippen molar-refractivity contribution < 1.29 is 14.3 Å². The zero-order valence-electron chi connectivity index (χ0n) is 16.3. The highest BCUT2D eigenvalue weighted by molar-refractivity contribution is 5.71. The lowest BCUT2D eigenvalue weighted by molar-refractivity contribution is -0.142. The molecule has 146 valence electrons. The number of carbonyl (C=O) groups excluding carboxylic acids is 1. The maximum atomic E-state index is 11.3. The molecule has 0 radical (unpaired) electrons. The molecule has 0 atom stereocenters. The fourth-order valence-electron chi connectivity index (χ4n) is 3.06. The van der Waals surface area contributed by atoms with E-state index in [-0.39, 0.29) is 6.61 Å². The quantitative estimate of drug-likeness (QED) is 0.606. The number of rotatable bonds is 8. The van der Waals surface area contributed by atoms with Crippen molar-refractivity contribution in [1.29, 1.82) is 0 Å². The largest absolute Gasteiger partial charge is 0.481 e. The second-order valence-electron chi connectivity index (χ2n) is 6.48. The smallest absolute Gasteiger partial charge is 0.343 e. The third kappa shape index (κ3) is 4.75. The molecule has 0 bridgehead atoms. The van der Waals surface area contributed by atoms with Crippen molar-refractivity contribution in [3.63, 3.8) is 0 Å². The lowest BCUT2D eigenvalue weighted by Crippen LogP contribution is -2.17. The number of aromatic nitrogens is 3. The van der Waals surface area contributed by atoms with Gasteiger partial charge in [0.25, 0.3) is 0 Å². The summed E-state index contributed by atoms with van der Waals surface area (Å²) in [7, 11) is 1.35. The summed E-state index contributed by atoms with van der Waals surface area (Å²) in [4.78, 5) is 11.3. The number of carbonyl (C=O) groups is 1. The van der Waals surface area contributed by atoms with E-state index < -0.39 is 5.97 Å². The molecule has 7 heteroatoms. The summed E-state index contributed by atoms with van der Waals surface area (Å²) in [6.07, 6.45) is 1.72.